The first-order valence-corrected chi connectivity index (χ1v) is 10.2. The van der Waals surface area contributed by atoms with Crippen molar-refractivity contribution in [1.29, 1.82) is 0 Å². The van der Waals surface area contributed by atoms with E-state index in [1.807, 2.05) is 6.07 Å². The third-order valence-corrected chi connectivity index (χ3v) is 5.25. The van der Waals surface area contributed by atoms with Crippen LogP contribution in [0.4, 0.5) is 5.69 Å². The molecule has 1 N–H and O–H groups in total. The molecular weight excluding hydrogens is 418 g/mol. The molecule has 1 heterocycles. The van der Waals surface area contributed by atoms with Crippen molar-refractivity contribution in [3.05, 3.63) is 70.7 Å². The Labute approximate surface area is 159 Å². The number of sulfone groups is 1. The molecule has 0 bridgehead atoms. The Balaban J connectivity index is 1.76. The number of halogens is 1. The zero-order valence-electron chi connectivity index (χ0n) is 13.7. The second-order valence-corrected chi connectivity index (χ2v) is 8.36. The van der Waals surface area contributed by atoms with Gasteiger partial charge in [-0.25, -0.2) is 8.42 Å². The van der Waals surface area contributed by atoms with Crippen molar-refractivity contribution in [2.45, 2.75) is 5.03 Å². The highest BCUT2D eigenvalue weighted by Gasteiger charge is 2.11. The monoisotopic (exact) mass is 431 g/mol. The molecule has 8 heteroatoms. The third kappa shape index (κ3) is 4.14. The van der Waals surface area contributed by atoms with Crippen molar-refractivity contribution in [2.75, 3.05) is 11.6 Å². The molecule has 0 spiro atoms. The van der Waals surface area contributed by atoms with E-state index in [4.69, 9.17) is 0 Å². The van der Waals surface area contributed by atoms with Gasteiger partial charge in [0.15, 0.2) is 14.9 Å². The van der Waals surface area contributed by atoms with E-state index in [2.05, 4.69) is 31.4 Å². The van der Waals surface area contributed by atoms with Crippen LogP contribution in [0.25, 0.3) is 11.3 Å². The van der Waals surface area contributed by atoms with Crippen LogP contribution in [0, 0.1) is 0 Å². The first kappa shape index (κ1) is 18.2. The number of nitrogens with zero attached hydrogens (tertiary/aromatic N) is 2. The summed E-state index contributed by atoms with van der Waals surface area (Å²) in [5, 5.41) is 10.4. The minimum atomic E-state index is -3.38. The first-order chi connectivity index (χ1) is 12.3. The lowest BCUT2D eigenvalue weighted by molar-refractivity contribution is 0.102. The maximum atomic E-state index is 12.3. The van der Waals surface area contributed by atoms with Gasteiger partial charge in [-0.2, -0.15) is 0 Å². The molecule has 0 atom stereocenters. The lowest BCUT2D eigenvalue weighted by atomic mass is 10.1. The van der Waals surface area contributed by atoms with E-state index in [1.165, 1.54) is 6.07 Å². The van der Waals surface area contributed by atoms with Crippen LogP contribution in [0.2, 0.25) is 0 Å². The maximum absolute atomic E-state index is 12.3. The Bertz CT molecular complexity index is 1050. The summed E-state index contributed by atoms with van der Waals surface area (Å²) in [7, 11) is -3.38. The molecule has 132 valence electrons. The van der Waals surface area contributed by atoms with Crippen molar-refractivity contribution < 1.29 is 13.2 Å². The van der Waals surface area contributed by atoms with Gasteiger partial charge in [0.25, 0.3) is 5.91 Å². The van der Waals surface area contributed by atoms with Crippen molar-refractivity contribution >= 4 is 37.4 Å². The number of hydrogen-bond donors (Lipinski definition) is 1. The predicted molar refractivity (Wildman–Crippen MR) is 103 cm³/mol. The van der Waals surface area contributed by atoms with Crippen LogP contribution in [0.3, 0.4) is 0 Å². The summed E-state index contributed by atoms with van der Waals surface area (Å²) in [6, 6.07) is 17.2. The van der Waals surface area contributed by atoms with Crippen LogP contribution in [-0.2, 0) is 9.84 Å². The van der Waals surface area contributed by atoms with Gasteiger partial charge in [0.05, 0.1) is 11.3 Å². The number of carbonyl (C=O) groups excluding carboxylic acids is 1. The molecule has 0 aliphatic heterocycles. The van der Waals surface area contributed by atoms with Gasteiger partial charge < -0.3 is 5.32 Å². The SMILES string of the molecule is CS(=O)(=O)c1ccc(-c2ccc(NC(=O)c3ccccc3Br)cc2)nn1. The van der Waals surface area contributed by atoms with Crippen LogP contribution in [0.1, 0.15) is 10.4 Å². The van der Waals surface area contributed by atoms with Crippen LogP contribution < -0.4 is 5.32 Å². The van der Waals surface area contributed by atoms with Gasteiger partial charge >= 0.3 is 0 Å². The van der Waals surface area contributed by atoms with E-state index >= 15 is 0 Å². The Morgan fingerprint density at radius 2 is 1.65 bits per heavy atom. The van der Waals surface area contributed by atoms with Crippen LogP contribution >= 0.6 is 15.9 Å². The number of anilines is 1. The van der Waals surface area contributed by atoms with Gasteiger partial charge in [-0.3, -0.25) is 4.79 Å². The Morgan fingerprint density at radius 1 is 0.962 bits per heavy atom. The highest BCUT2D eigenvalue weighted by molar-refractivity contribution is 9.10. The van der Waals surface area contributed by atoms with Crippen molar-refractivity contribution in [2.24, 2.45) is 0 Å². The fraction of sp³-hybridized carbons (Fsp3) is 0.0556. The van der Waals surface area contributed by atoms with E-state index < -0.39 is 9.84 Å². The molecule has 2 aromatic carbocycles. The molecular formula is C18H14BrN3O3S. The Hall–Kier alpha value is -2.58. The van der Waals surface area contributed by atoms with E-state index in [-0.39, 0.29) is 10.9 Å². The summed E-state index contributed by atoms with van der Waals surface area (Å²) in [6.07, 6.45) is 1.08. The average molecular weight is 432 g/mol. The molecule has 0 aliphatic carbocycles. The fourth-order valence-corrected chi connectivity index (χ4v) is 3.21. The third-order valence-electron chi connectivity index (χ3n) is 3.58. The Kier molecular flexibility index (Phi) is 5.15. The fourth-order valence-electron chi connectivity index (χ4n) is 2.24. The molecule has 3 aromatic rings. The van der Waals surface area contributed by atoms with E-state index in [9.17, 15) is 13.2 Å². The molecule has 6 nitrogen and oxygen atoms in total. The average Bonchev–Trinajstić information content (AvgIpc) is 2.62. The molecule has 0 aliphatic rings. The molecule has 1 amide bonds. The summed E-state index contributed by atoms with van der Waals surface area (Å²) in [4.78, 5) is 12.3. The molecule has 0 saturated carbocycles. The zero-order chi connectivity index (χ0) is 18.7. The lowest BCUT2D eigenvalue weighted by Gasteiger charge is -2.08. The second kappa shape index (κ2) is 7.35. The van der Waals surface area contributed by atoms with Crippen molar-refractivity contribution in [3.8, 4) is 11.3 Å². The molecule has 0 fully saturated rings. The van der Waals surface area contributed by atoms with Crippen molar-refractivity contribution in [3.63, 3.8) is 0 Å². The topological polar surface area (TPSA) is 89.0 Å². The largest absolute Gasteiger partial charge is 0.322 e. The second-order valence-electron chi connectivity index (χ2n) is 5.54. The van der Waals surface area contributed by atoms with E-state index in [1.54, 1.807) is 48.5 Å². The van der Waals surface area contributed by atoms with Gasteiger partial charge in [-0.15, -0.1) is 10.2 Å². The maximum Gasteiger partial charge on any atom is 0.256 e. The predicted octanol–water partition coefficient (Wildman–Crippen LogP) is 3.56. The number of carbonyl (C=O) groups is 1. The summed E-state index contributed by atoms with van der Waals surface area (Å²) in [6.45, 7) is 0. The minimum Gasteiger partial charge on any atom is -0.322 e. The number of rotatable bonds is 4. The molecule has 0 radical (unpaired) electrons. The molecule has 3 rings (SSSR count). The summed E-state index contributed by atoms with van der Waals surface area (Å²) >= 11 is 3.35. The normalized spacial score (nSPS) is 11.2. The lowest BCUT2D eigenvalue weighted by Crippen LogP contribution is -2.12. The van der Waals surface area contributed by atoms with E-state index in [0.29, 0.717) is 16.9 Å². The summed E-state index contributed by atoms with van der Waals surface area (Å²) in [5.41, 5.74) is 2.48. The van der Waals surface area contributed by atoms with Crippen LogP contribution in [0.5, 0.6) is 0 Å². The van der Waals surface area contributed by atoms with Gasteiger partial charge in [0, 0.05) is 22.0 Å². The van der Waals surface area contributed by atoms with Gasteiger partial charge in [-0.05, 0) is 52.3 Å². The highest BCUT2D eigenvalue weighted by atomic mass is 79.9. The number of benzene rings is 2. The molecule has 0 unspecified atom stereocenters. The summed E-state index contributed by atoms with van der Waals surface area (Å²) < 4.78 is 23.6. The number of hydrogen-bond acceptors (Lipinski definition) is 5. The van der Waals surface area contributed by atoms with Crippen LogP contribution in [-0.4, -0.2) is 30.8 Å². The van der Waals surface area contributed by atoms with Gasteiger partial charge in [0.1, 0.15) is 0 Å². The number of nitrogens with one attached hydrogen (secondary N) is 1. The smallest absolute Gasteiger partial charge is 0.256 e. The zero-order valence-corrected chi connectivity index (χ0v) is 16.1. The van der Waals surface area contributed by atoms with E-state index in [0.717, 1.165) is 16.3 Å². The first-order valence-electron chi connectivity index (χ1n) is 7.55. The minimum absolute atomic E-state index is 0.0708. The Morgan fingerprint density at radius 3 is 2.23 bits per heavy atom. The summed E-state index contributed by atoms with van der Waals surface area (Å²) in [5.74, 6) is -0.220. The van der Waals surface area contributed by atoms with Gasteiger partial charge in [0.2, 0.25) is 0 Å². The highest BCUT2D eigenvalue weighted by Crippen LogP contribution is 2.21. The molecule has 0 saturated heterocycles. The number of aromatic nitrogens is 2. The van der Waals surface area contributed by atoms with Crippen molar-refractivity contribution in [1.82, 2.24) is 10.2 Å². The molecule has 1 aromatic heterocycles. The quantitative estimate of drug-likeness (QED) is 0.681. The van der Waals surface area contributed by atoms with Crippen LogP contribution in [0.15, 0.2) is 70.2 Å². The molecule has 26 heavy (non-hydrogen) atoms. The van der Waals surface area contributed by atoms with Gasteiger partial charge in [-0.1, -0.05) is 24.3 Å². The standard InChI is InChI=1S/C18H14BrN3O3S/c1-26(24,25)17-11-10-16(21-22-17)12-6-8-13(9-7-12)20-18(23)14-4-2-3-5-15(14)19/h2-11H,1H3,(H,20,23). The number of amides is 1.